The van der Waals surface area contributed by atoms with E-state index in [-0.39, 0.29) is 18.0 Å². The molecule has 1 N–H and O–H groups in total. The van der Waals surface area contributed by atoms with Crippen LogP contribution in [0.3, 0.4) is 0 Å². The molecule has 0 aliphatic heterocycles. The first-order valence-corrected chi connectivity index (χ1v) is 11.6. The van der Waals surface area contributed by atoms with Gasteiger partial charge in [0, 0.05) is 6.54 Å². The predicted molar refractivity (Wildman–Crippen MR) is 126 cm³/mol. The van der Waals surface area contributed by atoms with E-state index in [4.69, 9.17) is 9.47 Å². The van der Waals surface area contributed by atoms with Crippen LogP contribution in [0.15, 0.2) is 40.5 Å². The highest BCUT2D eigenvalue weighted by Crippen LogP contribution is 2.32. The van der Waals surface area contributed by atoms with Crippen molar-refractivity contribution in [3.63, 3.8) is 0 Å². The number of aromatic nitrogens is 3. The molecule has 1 aromatic carbocycles. The molecule has 0 radical (unpaired) electrons. The molecule has 32 heavy (non-hydrogen) atoms. The zero-order chi connectivity index (χ0) is 22.7. The summed E-state index contributed by atoms with van der Waals surface area (Å²) in [4.78, 5) is 30.7. The topological polar surface area (TPSA) is 95.3 Å². The van der Waals surface area contributed by atoms with Crippen molar-refractivity contribution in [1.82, 2.24) is 20.1 Å². The summed E-state index contributed by atoms with van der Waals surface area (Å²) in [6.07, 6.45) is 0.610. The third-order valence-electron chi connectivity index (χ3n) is 4.84. The van der Waals surface area contributed by atoms with Crippen LogP contribution >= 0.6 is 22.7 Å². The normalized spacial score (nSPS) is 11.0. The number of benzene rings is 1. The van der Waals surface area contributed by atoms with Gasteiger partial charge in [0.25, 0.3) is 5.56 Å². The fourth-order valence-corrected chi connectivity index (χ4v) is 5.01. The van der Waals surface area contributed by atoms with Gasteiger partial charge in [-0.2, -0.15) is 5.10 Å². The van der Waals surface area contributed by atoms with Crippen LogP contribution in [-0.2, 0) is 17.8 Å². The maximum Gasteiger partial charge on any atom is 0.294 e. The molecule has 8 nitrogen and oxygen atoms in total. The summed E-state index contributed by atoms with van der Waals surface area (Å²) in [5.74, 6) is 1.00. The average molecular weight is 471 g/mol. The Hall–Kier alpha value is -3.24. The zero-order valence-electron chi connectivity index (χ0n) is 17.9. The van der Waals surface area contributed by atoms with E-state index in [1.165, 1.54) is 27.4 Å². The smallest absolute Gasteiger partial charge is 0.294 e. The van der Waals surface area contributed by atoms with Crippen LogP contribution in [0.4, 0.5) is 0 Å². The molecule has 0 aliphatic rings. The number of rotatable bonds is 8. The summed E-state index contributed by atoms with van der Waals surface area (Å²) in [5.41, 5.74) is 1.67. The number of aryl methyl sites for hydroxylation is 1. The Balaban J connectivity index is 1.48. The van der Waals surface area contributed by atoms with Crippen LogP contribution in [0, 0.1) is 6.92 Å². The quantitative estimate of drug-likeness (QED) is 0.425. The number of carbonyl (C=O) groups is 1. The number of hydrogen-bond donors (Lipinski definition) is 1. The van der Waals surface area contributed by atoms with Crippen molar-refractivity contribution in [2.24, 2.45) is 0 Å². The van der Waals surface area contributed by atoms with E-state index in [0.717, 1.165) is 20.1 Å². The summed E-state index contributed by atoms with van der Waals surface area (Å²) in [6.45, 7) is 2.10. The summed E-state index contributed by atoms with van der Waals surface area (Å²) in [6, 6.07) is 9.50. The molecule has 3 heterocycles. The summed E-state index contributed by atoms with van der Waals surface area (Å²) >= 11 is 2.97. The molecule has 3 aromatic heterocycles. The minimum Gasteiger partial charge on any atom is -0.493 e. The van der Waals surface area contributed by atoms with E-state index < -0.39 is 0 Å². The van der Waals surface area contributed by atoms with Crippen LogP contribution in [0.5, 0.6) is 11.5 Å². The van der Waals surface area contributed by atoms with Crippen molar-refractivity contribution < 1.29 is 14.3 Å². The van der Waals surface area contributed by atoms with E-state index in [9.17, 15) is 9.59 Å². The second-order valence-corrected chi connectivity index (χ2v) is 9.14. The van der Waals surface area contributed by atoms with Crippen molar-refractivity contribution >= 4 is 38.8 Å². The molecule has 166 valence electrons. The maximum absolute atomic E-state index is 12.9. The number of carbonyl (C=O) groups excluding carboxylic acids is 1. The maximum atomic E-state index is 12.9. The molecule has 0 saturated carbocycles. The molecule has 0 atom stereocenters. The van der Waals surface area contributed by atoms with Gasteiger partial charge in [0.15, 0.2) is 17.0 Å². The minimum absolute atomic E-state index is 0.171. The van der Waals surface area contributed by atoms with Crippen molar-refractivity contribution in [3.05, 3.63) is 56.6 Å². The predicted octanol–water partition coefficient (Wildman–Crippen LogP) is 3.27. The number of thiophene rings is 1. The lowest BCUT2D eigenvalue weighted by Crippen LogP contribution is -2.34. The van der Waals surface area contributed by atoms with Gasteiger partial charge in [0.05, 0.1) is 28.8 Å². The van der Waals surface area contributed by atoms with Crippen LogP contribution in [0.25, 0.3) is 20.8 Å². The Morgan fingerprint density at radius 2 is 2.00 bits per heavy atom. The van der Waals surface area contributed by atoms with Crippen LogP contribution in [0.1, 0.15) is 10.6 Å². The molecule has 10 heteroatoms. The number of thiazole rings is 1. The largest absolute Gasteiger partial charge is 0.493 e. The van der Waals surface area contributed by atoms with Gasteiger partial charge in [-0.25, -0.2) is 9.67 Å². The van der Waals surface area contributed by atoms with Gasteiger partial charge in [-0.15, -0.1) is 22.7 Å². The second-order valence-electron chi connectivity index (χ2n) is 6.99. The first-order chi connectivity index (χ1) is 15.5. The highest BCUT2D eigenvalue weighted by atomic mass is 32.1. The number of nitrogens with zero attached hydrogens (tertiary/aromatic N) is 3. The summed E-state index contributed by atoms with van der Waals surface area (Å²) in [7, 11) is 3.17. The van der Waals surface area contributed by atoms with E-state index in [2.05, 4.69) is 15.4 Å². The second kappa shape index (κ2) is 9.49. The molecule has 1 amide bonds. The molecule has 0 aliphatic carbocycles. The van der Waals surface area contributed by atoms with Crippen LogP contribution < -0.4 is 20.3 Å². The highest BCUT2D eigenvalue weighted by molar-refractivity contribution is 7.20. The van der Waals surface area contributed by atoms with Gasteiger partial charge in [-0.3, -0.25) is 9.59 Å². The van der Waals surface area contributed by atoms with Gasteiger partial charge >= 0.3 is 0 Å². The van der Waals surface area contributed by atoms with E-state index >= 15 is 0 Å². The van der Waals surface area contributed by atoms with Gasteiger partial charge in [0.2, 0.25) is 5.91 Å². The number of nitrogens with one attached hydrogen (secondary N) is 1. The Kier molecular flexibility index (Phi) is 6.52. The monoisotopic (exact) mass is 470 g/mol. The van der Waals surface area contributed by atoms with Crippen molar-refractivity contribution in [3.8, 4) is 22.1 Å². The number of amides is 1. The third kappa shape index (κ3) is 4.51. The summed E-state index contributed by atoms with van der Waals surface area (Å²) < 4.78 is 12.5. The first kappa shape index (κ1) is 22.0. The minimum atomic E-state index is -0.361. The molecule has 4 aromatic rings. The Morgan fingerprint density at radius 1 is 1.19 bits per heavy atom. The third-order valence-corrected chi connectivity index (χ3v) is 6.69. The van der Waals surface area contributed by atoms with Crippen molar-refractivity contribution in [2.45, 2.75) is 19.9 Å². The highest BCUT2D eigenvalue weighted by Gasteiger charge is 2.18. The standard InChI is InChI=1S/C22H22N4O4S2/c1-13-24-20-21(32-13)19(17-5-4-10-31-17)25-26(22(20)28)12-18(27)23-9-8-14-6-7-15(29-2)16(11-14)30-3/h4-7,10-11H,8-9,12H2,1-3H3,(H,23,27). The fourth-order valence-electron chi connectivity index (χ4n) is 3.32. The van der Waals surface area contributed by atoms with E-state index in [1.807, 2.05) is 42.6 Å². The molecule has 4 rings (SSSR count). The number of methoxy groups -OCH3 is 2. The van der Waals surface area contributed by atoms with Crippen molar-refractivity contribution in [2.75, 3.05) is 20.8 Å². The SMILES string of the molecule is COc1ccc(CCNC(=O)Cn2nc(-c3cccs3)c3sc(C)nc3c2=O)cc1OC. The van der Waals surface area contributed by atoms with E-state index in [1.54, 1.807) is 14.2 Å². The molecule has 0 bridgehead atoms. The molecule has 0 spiro atoms. The molecular formula is C22H22N4O4S2. The number of hydrogen-bond acceptors (Lipinski definition) is 8. The molecule has 0 unspecified atom stereocenters. The number of fused-ring (bicyclic) bond motifs is 1. The lowest BCUT2D eigenvalue weighted by molar-refractivity contribution is -0.121. The Morgan fingerprint density at radius 3 is 2.72 bits per heavy atom. The lowest BCUT2D eigenvalue weighted by atomic mass is 10.1. The fraction of sp³-hybridized carbons (Fsp3) is 0.273. The van der Waals surface area contributed by atoms with Gasteiger partial charge in [-0.1, -0.05) is 12.1 Å². The van der Waals surface area contributed by atoms with Gasteiger partial charge < -0.3 is 14.8 Å². The molecular weight excluding hydrogens is 448 g/mol. The lowest BCUT2D eigenvalue weighted by Gasteiger charge is -2.11. The summed E-state index contributed by atoms with van der Waals surface area (Å²) in [5, 5.41) is 10.1. The van der Waals surface area contributed by atoms with Gasteiger partial charge in [0.1, 0.15) is 12.2 Å². The molecule has 0 saturated heterocycles. The van der Waals surface area contributed by atoms with Crippen LogP contribution in [-0.4, -0.2) is 41.4 Å². The zero-order valence-corrected chi connectivity index (χ0v) is 19.5. The van der Waals surface area contributed by atoms with Crippen molar-refractivity contribution in [1.29, 1.82) is 0 Å². The average Bonchev–Trinajstić information content (AvgIpc) is 3.45. The number of ether oxygens (including phenoxy) is 2. The van der Waals surface area contributed by atoms with Gasteiger partial charge in [-0.05, 0) is 42.5 Å². The first-order valence-electron chi connectivity index (χ1n) is 9.90. The Labute approximate surface area is 192 Å². The Bertz CT molecular complexity index is 1310. The van der Waals surface area contributed by atoms with Crippen LogP contribution in [0.2, 0.25) is 0 Å². The van der Waals surface area contributed by atoms with E-state index in [0.29, 0.717) is 35.7 Å². The molecule has 0 fully saturated rings.